The van der Waals surface area contributed by atoms with Crippen LogP contribution >= 0.6 is 0 Å². The number of esters is 1. The van der Waals surface area contributed by atoms with E-state index in [1.165, 1.54) is 22.7 Å². The SMILES string of the molecule is CCOC(=O)Cc1nc2ccc(F)cn2c1N=Nc1ccc(C)cc1. The van der Waals surface area contributed by atoms with E-state index in [0.29, 0.717) is 22.8 Å². The van der Waals surface area contributed by atoms with Crippen molar-refractivity contribution in [3.8, 4) is 0 Å². The minimum absolute atomic E-state index is 0.0562. The largest absolute Gasteiger partial charge is 0.466 e. The van der Waals surface area contributed by atoms with Crippen LogP contribution < -0.4 is 0 Å². The van der Waals surface area contributed by atoms with Gasteiger partial charge < -0.3 is 4.74 Å². The third-order valence-corrected chi connectivity index (χ3v) is 3.54. The molecule has 0 fully saturated rings. The Balaban J connectivity index is 2.01. The molecule has 6 nitrogen and oxygen atoms in total. The van der Waals surface area contributed by atoms with Gasteiger partial charge in [-0.1, -0.05) is 17.7 Å². The number of pyridine rings is 1. The van der Waals surface area contributed by atoms with Gasteiger partial charge in [-0.3, -0.25) is 9.20 Å². The first kappa shape index (κ1) is 16.8. The molecule has 0 spiro atoms. The first-order valence-electron chi connectivity index (χ1n) is 7.87. The number of halogens is 1. The number of hydrogen-bond acceptors (Lipinski definition) is 5. The maximum Gasteiger partial charge on any atom is 0.312 e. The van der Waals surface area contributed by atoms with E-state index in [9.17, 15) is 9.18 Å². The summed E-state index contributed by atoms with van der Waals surface area (Å²) in [6.07, 6.45) is 1.21. The number of rotatable bonds is 5. The molecule has 0 N–H and O–H groups in total. The van der Waals surface area contributed by atoms with Gasteiger partial charge in [0.2, 0.25) is 0 Å². The number of azo groups is 1. The molecule has 2 aromatic heterocycles. The number of fused-ring (bicyclic) bond motifs is 1. The molecule has 25 heavy (non-hydrogen) atoms. The highest BCUT2D eigenvalue weighted by molar-refractivity contribution is 5.74. The molecule has 0 bridgehead atoms. The summed E-state index contributed by atoms with van der Waals surface area (Å²) in [5.74, 6) is -0.541. The highest BCUT2D eigenvalue weighted by atomic mass is 19.1. The summed E-state index contributed by atoms with van der Waals surface area (Å²) < 4.78 is 20.0. The normalized spacial score (nSPS) is 11.3. The van der Waals surface area contributed by atoms with Gasteiger partial charge in [0.25, 0.3) is 0 Å². The number of benzene rings is 1. The first-order valence-corrected chi connectivity index (χ1v) is 7.87. The molecule has 0 saturated heterocycles. The van der Waals surface area contributed by atoms with Crippen LogP contribution in [0, 0.1) is 12.7 Å². The molecule has 0 aliphatic carbocycles. The number of carbonyl (C=O) groups is 1. The number of carbonyl (C=O) groups excluding carboxylic acids is 1. The van der Waals surface area contributed by atoms with Crippen molar-refractivity contribution in [2.45, 2.75) is 20.3 Å². The Labute approximate surface area is 144 Å². The maximum atomic E-state index is 13.6. The predicted molar refractivity (Wildman–Crippen MR) is 90.8 cm³/mol. The lowest BCUT2D eigenvalue weighted by molar-refractivity contribution is -0.142. The van der Waals surface area contributed by atoms with E-state index in [1.807, 2.05) is 31.2 Å². The fraction of sp³-hybridized carbons (Fsp3) is 0.222. The number of nitrogens with zero attached hydrogens (tertiary/aromatic N) is 4. The summed E-state index contributed by atoms with van der Waals surface area (Å²) in [6, 6.07) is 10.3. The third-order valence-electron chi connectivity index (χ3n) is 3.54. The monoisotopic (exact) mass is 340 g/mol. The van der Waals surface area contributed by atoms with Gasteiger partial charge in [-0.25, -0.2) is 9.37 Å². The van der Waals surface area contributed by atoms with Crippen LogP contribution in [-0.4, -0.2) is 22.0 Å². The Kier molecular flexibility index (Phi) is 4.83. The second-order valence-electron chi connectivity index (χ2n) is 5.47. The van der Waals surface area contributed by atoms with Crippen LogP contribution in [0.5, 0.6) is 0 Å². The second kappa shape index (κ2) is 7.21. The Morgan fingerprint density at radius 1 is 1.20 bits per heavy atom. The van der Waals surface area contributed by atoms with Crippen molar-refractivity contribution in [3.63, 3.8) is 0 Å². The molecule has 0 radical (unpaired) electrons. The van der Waals surface area contributed by atoms with Gasteiger partial charge in [-0.2, -0.15) is 0 Å². The fourth-order valence-corrected chi connectivity index (χ4v) is 2.34. The van der Waals surface area contributed by atoms with Crippen LogP contribution in [-0.2, 0) is 16.0 Å². The van der Waals surface area contributed by atoms with Crippen molar-refractivity contribution >= 4 is 23.1 Å². The third kappa shape index (κ3) is 3.88. The van der Waals surface area contributed by atoms with Gasteiger partial charge in [-0.05, 0) is 38.1 Å². The van der Waals surface area contributed by atoms with E-state index < -0.39 is 11.8 Å². The number of imidazole rings is 1. The molecule has 3 aromatic rings. The molecule has 0 atom stereocenters. The van der Waals surface area contributed by atoms with Crippen molar-refractivity contribution in [3.05, 3.63) is 59.7 Å². The lowest BCUT2D eigenvalue weighted by Gasteiger charge is -2.01. The molecular formula is C18H17FN4O2. The van der Waals surface area contributed by atoms with Gasteiger partial charge in [0.05, 0.1) is 24.4 Å². The Morgan fingerprint density at radius 3 is 2.68 bits per heavy atom. The van der Waals surface area contributed by atoms with Gasteiger partial charge in [0, 0.05) is 6.20 Å². The molecule has 2 heterocycles. The minimum Gasteiger partial charge on any atom is -0.466 e. The molecule has 0 aliphatic rings. The van der Waals surface area contributed by atoms with E-state index in [4.69, 9.17) is 4.74 Å². The zero-order valence-corrected chi connectivity index (χ0v) is 13.9. The maximum absolute atomic E-state index is 13.6. The fourth-order valence-electron chi connectivity index (χ4n) is 2.34. The van der Waals surface area contributed by atoms with Crippen molar-refractivity contribution in [2.75, 3.05) is 6.61 Å². The molecular weight excluding hydrogens is 323 g/mol. The summed E-state index contributed by atoms with van der Waals surface area (Å²) >= 11 is 0. The molecule has 0 aliphatic heterocycles. The number of aryl methyl sites for hydroxylation is 1. The van der Waals surface area contributed by atoms with Crippen molar-refractivity contribution in [1.29, 1.82) is 0 Å². The van der Waals surface area contributed by atoms with Gasteiger partial charge in [-0.15, -0.1) is 10.2 Å². The molecule has 128 valence electrons. The topological polar surface area (TPSA) is 68.3 Å². The number of aromatic nitrogens is 2. The highest BCUT2D eigenvalue weighted by Gasteiger charge is 2.16. The van der Waals surface area contributed by atoms with E-state index >= 15 is 0 Å². The Bertz CT molecular complexity index is 932. The molecule has 1 aromatic carbocycles. The molecule has 3 rings (SSSR count). The summed E-state index contributed by atoms with van der Waals surface area (Å²) in [4.78, 5) is 16.1. The Morgan fingerprint density at radius 2 is 1.96 bits per heavy atom. The first-order chi connectivity index (χ1) is 12.1. The van der Waals surface area contributed by atoms with E-state index in [1.54, 1.807) is 6.92 Å². The van der Waals surface area contributed by atoms with Gasteiger partial charge in [0.15, 0.2) is 5.82 Å². The van der Waals surface area contributed by atoms with Crippen LogP contribution in [0.2, 0.25) is 0 Å². The van der Waals surface area contributed by atoms with E-state index in [-0.39, 0.29) is 13.0 Å². The molecule has 0 saturated carbocycles. The van der Waals surface area contributed by atoms with Crippen LogP contribution in [0.15, 0.2) is 52.8 Å². The predicted octanol–water partition coefficient (Wildman–Crippen LogP) is 4.30. The van der Waals surface area contributed by atoms with E-state index in [2.05, 4.69) is 15.2 Å². The standard InChI is InChI=1S/C18H17FN4O2/c1-3-25-17(24)10-15-18(22-21-14-7-4-12(2)5-8-14)23-11-13(19)6-9-16(23)20-15/h4-9,11H,3,10H2,1-2H3. The summed E-state index contributed by atoms with van der Waals surface area (Å²) in [5, 5.41) is 8.37. The van der Waals surface area contributed by atoms with Gasteiger partial charge >= 0.3 is 5.97 Å². The lowest BCUT2D eigenvalue weighted by atomic mass is 10.2. The van der Waals surface area contributed by atoms with Crippen LogP contribution in [0.25, 0.3) is 5.65 Å². The van der Waals surface area contributed by atoms with Crippen LogP contribution in [0.1, 0.15) is 18.2 Å². The smallest absolute Gasteiger partial charge is 0.312 e. The molecule has 0 amide bonds. The summed E-state index contributed by atoms with van der Waals surface area (Å²) in [6.45, 7) is 3.99. The van der Waals surface area contributed by atoms with Crippen molar-refractivity contribution < 1.29 is 13.9 Å². The lowest BCUT2D eigenvalue weighted by Crippen LogP contribution is -2.07. The van der Waals surface area contributed by atoms with Crippen molar-refractivity contribution in [1.82, 2.24) is 9.38 Å². The van der Waals surface area contributed by atoms with Crippen LogP contribution in [0.4, 0.5) is 15.9 Å². The number of hydrogen-bond donors (Lipinski definition) is 0. The molecule has 7 heteroatoms. The zero-order chi connectivity index (χ0) is 17.8. The van der Waals surface area contributed by atoms with Gasteiger partial charge in [0.1, 0.15) is 11.5 Å². The molecule has 0 unspecified atom stereocenters. The second-order valence-corrected chi connectivity index (χ2v) is 5.47. The quantitative estimate of drug-likeness (QED) is 0.513. The summed E-state index contributed by atoms with van der Waals surface area (Å²) in [7, 11) is 0. The van der Waals surface area contributed by atoms with Crippen molar-refractivity contribution in [2.24, 2.45) is 10.2 Å². The minimum atomic E-state index is -0.431. The highest BCUT2D eigenvalue weighted by Crippen LogP contribution is 2.25. The number of ether oxygens (including phenoxy) is 1. The Hall–Kier alpha value is -3.09. The average molecular weight is 340 g/mol. The van der Waals surface area contributed by atoms with E-state index in [0.717, 1.165) is 5.56 Å². The average Bonchev–Trinajstić information content (AvgIpc) is 2.91. The zero-order valence-electron chi connectivity index (χ0n) is 13.9. The summed E-state index contributed by atoms with van der Waals surface area (Å²) in [5.41, 5.74) is 2.64. The van der Waals surface area contributed by atoms with Crippen LogP contribution in [0.3, 0.4) is 0 Å².